The molecule has 0 saturated carbocycles. The SMILES string of the molecule is OC[C@H]1OC(Oc2cc3ccccc3[nH]2)[C@H](O)[C@@H](O)[C@H]1O. The smallest absolute Gasteiger partial charge is 0.230 e. The molecule has 1 aliphatic heterocycles. The number of hydrogen-bond donors (Lipinski definition) is 5. The standard InChI is InChI=1S/C14H17NO6/c16-6-9-11(17)12(18)13(19)14(20-9)21-10-5-7-3-1-2-4-8(7)15-10/h1-5,9,11-19H,6H2/t9-,11+,12+,13-,14?/m1/s1. The van der Waals surface area contributed by atoms with Crippen molar-refractivity contribution in [3.63, 3.8) is 0 Å². The first-order chi connectivity index (χ1) is 10.1. The van der Waals surface area contributed by atoms with Crippen LogP contribution in [0, 0.1) is 0 Å². The fourth-order valence-corrected chi connectivity index (χ4v) is 2.40. The summed E-state index contributed by atoms with van der Waals surface area (Å²) in [6, 6.07) is 9.25. The highest BCUT2D eigenvalue weighted by Gasteiger charge is 2.44. The van der Waals surface area contributed by atoms with E-state index in [9.17, 15) is 15.3 Å². The van der Waals surface area contributed by atoms with E-state index in [1.807, 2.05) is 24.3 Å². The molecule has 1 aliphatic rings. The van der Waals surface area contributed by atoms with Gasteiger partial charge in [-0.2, -0.15) is 0 Å². The molecule has 21 heavy (non-hydrogen) atoms. The van der Waals surface area contributed by atoms with Crippen LogP contribution in [0.3, 0.4) is 0 Å². The lowest BCUT2D eigenvalue weighted by Crippen LogP contribution is -2.60. The van der Waals surface area contributed by atoms with E-state index >= 15 is 0 Å². The summed E-state index contributed by atoms with van der Waals surface area (Å²) in [5, 5.41) is 39.4. The van der Waals surface area contributed by atoms with E-state index in [0.717, 1.165) is 10.9 Å². The Hall–Kier alpha value is -1.64. The van der Waals surface area contributed by atoms with Crippen LogP contribution in [0.5, 0.6) is 5.88 Å². The fraction of sp³-hybridized carbons (Fsp3) is 0.429. The highest BCUT2D eigenvalue weighted by Crippen LogP contribution is 2.26. The van der Waals surface area contributed by atoms with E-state index in [2.05, 4.69) is 4.98 Å². The maximum atomic E-state index is 9.90. The van der Waals surface area contributed by atoms with Crippen LogP contribution in [0.2, 0.25) is 0 Å². The van der Waals surface area contributed by atoms with Crippen molar-refractivity contribution >= 4 is 10.9 Å². The first kappa shape index (κ1) is 14.3. The number of aliphatic hydroxyl groups excluding tert-OH is 4. The molecule has 2 heterocycles. The lowest BCUT2D eigenvalue weighted by molar-refractivity contribution is -0.278. The van der Waals surface area contributed by atoms with Gasteiger partial charge in [-0.25, -0.2) is 0 Å². The van der Waals surface area contributed by atoms with E-state index in [-0.39, 0.29) is 0 Å². The third-order valence-corrected chi connectivity index (χ3v) is 3.60. The lowest BCUT2D eigenvalue weighted by atomic mass is 9.99. The van der Waals surface area contributed by atoms with Gasteiger partial charge in [0.15, 0.2) is 5.88 Å². The molecular formula is C14H17NO6. The molecule has 1 aromatic heterocycles. The van der Waals surface area contributed by atoms with Crippen LogP contribution in [-0.2, 0) is 4.74 Å². The van der Waals surface area contributed by atoms with Gasteiger partial charge in [-0.05, 0) is 6.07 Å². The number of aromatic amines is 1. The van der Waals surface area contributed by atoms with Gasteiger partial charge in [0.05, 0.1) is 6.61 Å². The minimum absolute atomic E-state index is 0.362. The van der Waals surface area contributed by atoms with E-state index < -0.39 is 37.3 Å². The molecule has 7 heteroatoms. The van der Waals surface area contributed by atoms with Gasteiger partial charge >= 0.3 is 0 Å². The Morgan fingerprint density at radius 3 is 2.57 bits per heavy atom. The molecule has 1 fully saturated rings. The number of ether oxygens (including phenoxy) is 2. The Morgan fingerprint density at radius 2 is 1.86 bits per heavy atom. The number of hydrogen-bond acceptors (Lipinski definition) is 6. The summed E-state index contributed by atoms with van der Waals surface area (Å²) in [7, 11) is 0. The normalized spacial score (nSPS) is 33.2. The minimum Gasteiger partial charge on any atom is -0.447 e. The summed E-state index contributed by atoms with van der Waals surface area (Å²) in [4.78, 5) is 3.00. The van der Waals surface area contributed by atoms with Crippen LogP contribution in [0.1, 0.15) is 0 Å². The summed E-state index contributed by atoms with van der Waals surface area (Å²) in [5.41, 5.74) is 0.858. The average molecular weight is 295 g/mol. The van der Waals surface area contributed by atoms with Crippen LogP contribution in [0.25, 0.3) is 10.9 Å². The molecule has 0 spiro atoms. The Bertz CT molecular complexity index is 579. The van der Waals surface area contributed by atoms with Crippen molar-refractivity contribution < 1.29 is 29.9 Å². The predicted octanol–water partition coefficient (Wildman–Crippen LogP) is -0.653. The van der Waals surface area contributed by atoms with Crippen LogP contribution in [0.15, 0.2) is 30.3 Å². The first-order valence-corrected chi connectivity index (χ1v) is 6.65. The number of fused-ring (bicyclic) bond motifs is 1. The zero-order valence-electron chi connectivity index (χ0n) is 11.1. The number of nitrogens with one attached hydrogen (secondary N) is 1. The van der Waals surface area contributed by atoms with Crippen molar-refractivity contribution in [2.75, 3.05) is 6.61 Å². The molecule has 114 valence electrons. The minimum atomic E-state index is -1.45. The monoisotopic (exact) mass is 295 g/mol. The number of H-pyrrole nitrogens is 1. The summed E-state index contributed by atoms with van der Waals surface area (Å²) >= 11 is 0. The third kappa shape index (κ3) is 2.61. The largest absolute Gasteiger partial charge is 0.447 e. The van der Waals surface area contributed by atoms with Gasteiger partial charge in [-0.3, -0.25) is 0 Å². The molecule has 7 nitrogen and oxygen atoms in total. The number of aliphatic hydroxyl groups is 4. The Kier molecular flexibility index (Phi) is 3.83. The molecule has 0 radical (unpaired) electrons. The molecule has 5 N–H and O–H groups in total. The second kappa shape index (κ2) is 5.63. The Balaban J connectivity index is 1.79. The molecule has 3 rings (SSSR count). The molecule has 1 unspecified atom stereocenters. The van der Waals surface area contributed by atoms with Crippen molar-refractivity contribution in [3.05, 3.63) is 30.3 Å². The number of para-hydroxylation sites is 1. The Labute approximate surface area is 120 Å². The average Bonchev–Trinajstić information content (AvgIpc) is 2.90. The predicted molar refractivity (Wildman–Crippen MR) is 72.7 cm³/mol. The van der Waals surface area contributed by atoms with Crippen LogP contribution in [0.4, 0.5) is 0 Å². The van der Waals surface area contributed by atoms with E-state index in [1.165, 1.54) is 0 Å². The summed E-state index contributed by atoms with van der Waals surface area (Å²) in [6.07, 6.45) is -6.45. The van der Waals surface area contributed by atoms with E-state index in [0.29, 0.717) is 5.88 Å². The van der Waals surface area contributed by atoms with E-state index in [4.69, 9.17) is 14.6 Å². The second-order valence-corrected chi connectivity index (χ2v) is 5.04. The third-order valence-electron chi connectivity index (χ3n) is 3.60. The molecule has 1 aromatic carbocycles. The first-order valence-electron chi connectivity index (χ1n) is 6.65. The zero-order valence-corrected chi connectivity index (χ0v) is 11.1. The molecule has 5 atom stereocenters. The quantitative estimate of drug-likeness (QED) is 0.514. The molecule has 0 aliphatic carbocycles. The van der Waals surface area contributed by atoms with Crippen molar-refractivity contribution in [2.45, 2.75) is 30.7 Å². The zero-order chi connectivity index (χ0) is 15.0. The van der Waals surface area contributed by atoms with Crippen molar-refractivity contribution in [1.82, 2.24) is 4.98 Å². The number of benzene rings is 1. The fourth-order valence-electron chi connectivity index (χ4n) is 2.40. The summed E-state index contributed by atoms with van der Waals surface area (Å²) in [6.45, 7) is -0.489. The van der Waals surface area contributed by atoms with Gasteiger partial charge in [-0.1, -0.05) is 18.2 Å². The topological polar surface area (TPSA) is 115 Å². The van der Waals surface area contributed by atoms with Crippen LogP contribution < -0.4 is 4.74 Å². The van der Waals surface area contributed by atoms with Crippen molar-refractivity contribution in [3.8, 4) is 5.88 Å². The van der Waals surface area contributed by atoms with Gasteiger partial charge in [0.2, 0.25) is 6.29 Å². The lowest BCUT2D eigenvalue weighted by Gasteiger charge is -2.39. The van der Waals surface area contributed by atoms with Gasteiger partial charge in [-0.15, -0.1) is 0 Å². The summed E-state index contributed by atoms with van der Waals surface area (Å²) in [5.74, 6) is 0.362. The van der Waals surface area contributed by atoms with Crippen molar-refractivity contribution in [1.29, 1.82) is 0 Å². The van der Waals surface area contributed by atoms with Gasteiger partial charge in [0.25, 0.3) is 0 Å². The number of aromatic nitrogens is 1. The molecule has 1 saturated heterocycles. The van der Waals surface area contributed by atoms with E-state index in [1.54, 1.807) is 6.07 Å². The van der Waals surface area contributed by atoms with Crippen molar-refractivity contribution in [2.24, 2.45) is 0 Å². The van der Waals surface area contributed by atoms with Crippen LogP contribution in [-0.4, -0.2) is 62.7 Å². The Morgan fingerprint density at radius 1 is 1.10 bits per heavy atom. The van der Waals surface area contributed by atoms with Gasteiger partial charge < -0.3 is 34.9 Å². The van der Waals surface area contributed by atoms with Gasteiger partial charge in [0, 0.05) is 17.0 Å². The van der Waals surface area contributed by atoms with Crippen LogP contribution >= 0.6 is 0 Å². The molecule has 2 aromatic rings. The highest BCUT2D eigenvalue weighted by molar-refractivity contribution is 5.81. The maximum Gasteiger partial charge on any atom is 0.230 e. The maximum absolute atomic E-state index is 9.90. The summed E-state index contributed by atoms with van der Waals surface area (Å²) < 4.78 is 10.8. The molecule has 0 amide bonds. The molecule has 0 bridgehead atoms. The highest BCUT2D eigenvalue weighted by atomic mass is 16.7. The second-order valence-electron chi connectivity index (χ2n) is 5.04. The van der Waals surface area contributed by atoms with Gasteiger partial charge in [0.1, 0.15) is 24.4 Å². The molecular weight excluding hydrogens is 278 g/mol. The number of rotatable bonds is 3.